The first-order valence-corrected chi connectivity index (χ1v) is 6.96. The summed E-state index contributed by atoms with van der Waals surface area (Å²) in [5, 5.41) is 2.70. The second-order valence-corrected chi connectivity index (χ2v) is 5.53. The zero-order chi connectivity index (χ0) is 13.3. The van der Waals surface area contributed by atoms with Crippen molar-refractivity contribution in [1.29, 1.82) is 0 Å². The molecule has 1 N–H and O–H groups in total. The van der Waals surface area contributed by atoms with Crippen molar-refractivity contribution in [3.8, 4) is 0 Å². The number of piperazine rings is 1. The molecule has 0 spiro atoms. The zero-order valence-corrected chi connectivity index (χ0v) is 11.6. The van der Waals surface area contributed by atoms with Crippen LogP contribution in [-0.2, 0) is 9.59 Å². The third kappa shape index (κ3) is 2.62. The highest BCUT2D eigenvalue weighted by Crippen LogP contribution is 2.24. The molecule has 0 saturated carbocycles. The van der Waals surface area contributed by atoms with E-state index in [2.05, 4.69) is 24.1 Å². The first-order valence-electron chi connectivity index (χ1n) is 6.42. The van der Waals surface area contributed by atoms with E-state index in [1.54, 1.807) is 0 Å². The van der Waals surface area contributed by atoms with Crippen LogP contribution < -0.4 is 5.32 Å². The monoisotopic (exact) mass is 273 g/mol. The number of nitrogens with zero attached hydrogens (tertiary/aromatic N) is 2. The zero-order valence-electron chi connectivity index (χ0n) is 10.9. The molecular formula is C12H20ClN3O2. The fourth-order valence-electron chi connectivity index (χ4n) is 2.77. The van der Waals surface area contributed by atoms with Crippen LogP contribution in [0.2, 0.25) is 0 Å². The average Bonchev–Trinajstić information content (AvgIpc) is 2.65. The van der Waals surface area contributed by atoms with Gasteiger partial charge in [-0.25, -0.2) is 0 Å². The molecule has 0 radical (unpaired) electrons. The molecular weight excluding hydrogens is 254 g/mol. The molecule has 102 valence electrons. The summed E-state index contributed by atoms with van der Waals surface area (Å²) in [5.74, 6) is -0.315. The minimum atomic E-state index is -0.381. The molecule has 2 unspecified atom stereocenters. The molecule has 0 aromatic carbocycles. The SMILES string of the molecule is CC(C)N1CCN2C(=O)C(NC(=O)CCl)CC2C1. The Morgan fingerprint density at radius 3 is 2.83 bits per heavy atom. The van der Waals surface area contributed by atoms with Crippen LogP contribution in [-0.4, -0.2) is 65.3 Å². The molecule has 2 heterocycles. The van der Waals surface area contributed by atoms with Crippen LogP contribution in [0.5, 0.6) is 0 Å². The summed E-state index contributed by atoms with van der Waals surface area (Å²) < 4.78 is 0. The number of nitrogens with one attached hydrogen (secondary N) is 1. The lowest BCUT2D eigenvalue weighted by Gasteiger charge is -2.39. The van der Waals surface area contributed by atoms with Crippen molar-refractivity contribution in [2.24, 2.45) is 0 Å². The summed E-state index contributed by atoms with van der Waals surface area (Å²) in [7, 11) is 0. The molecule has 0 aliphatic carbocycles. The van der Waals surface area contributed by atoms with Crippen molar-refractivity contribution in [1.82, 2.24) is 15.1 Å². The van der Waals surface area contributed by atoms with Crippen molar-refractivity contribution in [3.63, 3.8) is 0 Å². The molecule has 2 fully saturated rings. The van der Waals surface area contributed by atoms with E-state index in [1.807, 2.05) is 4.90 Å². The third-order valence-electron chi connectivity index (χ3n) is 3.79. The molecule has 5 nitrogen and oxygen atoms in total. The molecule has 0 aromatic heterocycles. The van der Waals surface area contributed by atoms with Crippen molar-refractivity contribution < 1.29 is 9.59 Å². The van der Waals surface area contributed by atoms with E-state index in [4.69, 9.17) is 11.6 Å². The minimum Gasteiger partial charge on any atom is -0.343 e. The summed E-state index contributed by atoms with van der Waals surface area (Å²) in [6, 6.07) is 0.348. The summed E-state index contributed by atoms with van der Waals surface area (Å²) in [5.41, 5.74) is 0. The predicted molar refractivity (Wildman–Crippen MR) is 69.5 cm³/mol. The molecule has 6 heteroatoms. The minimum absolute atomic E-state index is 0.0434. The van der Waals surface area contributed by atoms with Gasteiger partial charge in [0.15, 0.2) is 0 Å². The van der Waals surface area contributed by atoms with Crippen LogP contribution in [0.3, 0.4) is 0 Å². The lowest BCUT2D eigenvalue weighted by molar-refractivity contribution is -0.134. The molecule has 18 heavy (non-hydrogen) atoms. The van der Waals surface area contributed by atoms with Gasteiger partial charge in [-0.15, -0.1) is 11.6 Å². The van der Waals surface area contributed by atoms with Gasteiger partial charge in [0.25, 0.3) is 0 Å². The average molecular weight is 274 g/mol. The normalized spacial score (nSPS) is 28.7. The predicted octanol–water partition coefficient (Wildman–Crippen LogP) is 0.0349. The first kappa shape index (κ1) is 13.6. The lowest BCUT2D eigenvalue weighted by atomic mass is 10.1. The van der Waals surface area contributed by atoms with E-state index >= 15 is 0 Å². The van der Waals surface area contributed by atoms with E-state index in [1.165, 1.54) is 0 Å². The maximum Gasteiger partial charge on any atom is 0.245 e. The van der Waals surface area contributed by atoms with Gasteiger partial charge < -0.3 is 10.2 Å². The first-order chi connectivity index (χ1) is 8.52. The second-order valence-electron chi connectivity index (χ2n) is 5.26. The molecule has 2 saturated heterocycles. The van der Waals surface area contributed by atoms with Gasteiger partial charge in [0.1, 0.15) is 11.9 Å². The van der Waals surface area contributed by atoms with Crippen LogP contribution >= 0.6 is 11.6 Å². The van der Waals surface area contributed by atoms with Crippen molar-refractivity contribution in [3.05, 3.63) is 0 Å². The third-order valence-corrected chi connectivity index (χ3v) is 4.03. The van der Waals surface area contributed by atoms with E-state index in [9.17, 15) is 9.59 Å². The number of carbonyl (C=O) groups is 2. The number of amides is 2. The summed E-state index contributed by atoms with van der Waals surface area (Å²) in [4.78, 5) is 27.7. The Hall–Kier alpha value is -0.810. The largest absolute Gasteiger partial charge is 0.343 e. The standard InChI is InChI=1S/C12H20ClN3O2/c1-8(2)15-3-4-16-9(7-15)5-10(12(16)18)14-11(17)6-13/h8-10H,3-7H2,1-2H3,(H,14,17). The smallest absolute Gasteiger partial charge is 0.245 e. The molecule has 2 aliphatic rings. The van der Waals surface area contributed by atoms with E-state index in [-0.39, 0.29) is 29.8 Å². The van der Waals surface area contributed by atoms with Crippen molar-refractivity contribution in [2.45, 2.75) is 38.4 Å². The Morgan fingerprint density at radius 1 is 1.50 bits per heavy atom. The van der Waals surface area contributed by atoms with Crippen molar-refractivity contribution in [2.75, 3.05) is 25.5 Å². The number of hydrogen-bond donors (Lipinski definition) is 1. The Morgan fingerprint density at radius 2 is 2.22 bits per heavy atom. The maximum atomic E-state index is 12.1. The lowest BCUT2D eigenvalue weighted by Crippen LogP contribution is -2.53. The highest BCUT2D eigenvalue weighted by Gasteiger charge is 2.43. The molecule has 2 rings (SSSR count). The maximum absolute atomic E-state index is 12.1. The molecule has 2 amide bonds. The Bertz CT molecular complexity index is 348. The Balaban J connectivity index is 1.98. The summed E-state index contributed by atoms with van der Waals surface area (Å²) >= 11 is 5.45. The number of halogens is 1. The van der Waals surface area contributed by atoms with Gasteiger partial charge in [-0.1, -0.05) is 0 Å². The van der Waals surface area contributed by atoms with Crippen LogP contribution in [0.1, 0.15) is 20.3 Å². The highest BCUT2D eigenvalue weighted by molar-refractivity contribution is 6.27. The van der Waals surface area contributed by atoms with Gasteiger partial charge in [-0.3, -0.25) is 14.5 Å². The number of carbonyl (C=O) groups excluding carboxylic acids is 2. The number of alkyl halides is 1. The second kappa shape index (κ2) is 5.45. The van der Waals surface area contributed by atoms with Gasteiger partial charge in [0.2, 0.25) is 11.8 Å². The van der Waals surface area contributed by atoms with Gasteiger partial charge >= 0.3 is 0 Å². The van der Waals surface area contributed by atoms with Gasteiger partial charge in [-0.2, -0.15) is 0 Å². The molecule has 2 atom stereocenters. The number of fused-ring (bicyclic) bond motifs is 1. The number of rotatable bonds is 3. The van der Waals surface area contributed by atoms with Gasteiger partial charge in [-0.05, 0) is 20.3 Å². The van der Waals surface area contributed by atoms with Crippen LogP contribution in [0.25, 0.3) is 0 Å². The number of hydrogen-bond acceptors (Lipinski definition) is 3. The van der Waals surface area contributed by atoms with Gasteiger partial charge in [0.05, 0.1) is 0 Å². The van der Waals surface area contributed by atoms with Crippen LogP contribution in [0.15, 0.2) is 0 Å². The molecule has 0 aromatic rings. The summed E-state index contributed by atoms with van der Waals surface area (Å²) in [6.45, 7) is 6.90. The van der Waals surface area contributed by atoms with Crippen molar-refractivity contribution >= 4 is 23.4 Å². The fraction of sp³-hybridized carbons (Fsp3) is 0.833. The Labute approximate surface area is 112 Å². The summed E-state index contributed by atoms with van der Waals surface area (Å²) in [6.07, 6.45) is 0.699. The van der Waals surface area contributed by atoms with Gasteiger partial charge in [0, 0.05) is 31.7 Å². The van der Waals surface area contributed by atoms with E-state index in [0.29, 0.717) is 12.5 Å². The van der Waals surface area contributed by atoms with Crippen LogP contribution in [0.4, 0.5) is 0 Å². The Kier molecular flexibility index (Phi) is 4.12. The van der Waals surface area contributed by atoms with E-state index in [0.717, 1.165) is 19.6 Å². The molecule has 2 aliphatic heterocycles. The topological polar surface area (TPSA) is 52.6 Å². The highest BCUT2D eigenvalue weighted by atomic mass is 35.5. The van der Waals surface area contributed by atoms with Crippen LogP contribution in [0, 0.1) is 0 Å². The van der Waals surface area contributed by atoms with E-state index < -0.39 is 0 Å². The fourth-order valence-corrected chi connectivity index (χ4v) is 2.84. The molecule has 0 bridgehead atoms. The quantitative estimate of drug-likeness (QED) is 0.739.